The maximum absolute atomic E-state index is 12.4. The monoisotopic (exact) mass is 299 g/mol. The number of hydrogen-bond acceptors (Lipinski definition) is 3. The molecular weight excluding hydrogens is 274 g/mol. The molecule has 0 radical (unpaired) electrons. The molecule has 0 aliphatic rings. The molecule has 0 aromatic heterocycles. The molecule has 0 saturated heterocycles. The number of aliphatic hydroxyl groups is 1. The van der Waals surface area contributed by atoms with Gasteiger partial charge in [-0.25, -0.2) is 12.7 Å². The van der Waals surface area contributed by atoms with Crippen LogP contribution < -0.4 is 0 Å². The van der Waals surface area contributed by atoms with Crippen LogP contribution in [0.3, 0.4) is 0 Å². The lowest BCUT2D eigenvalue weighted by molar-refractivity contribution is 0.282. The van der Waals surface area contributed by atoms with Gasteiger partial charge in [0.2, 0.25) is 10.0 Å². The van der Waals surface area contributed by atoms with Crippen LogP contribution in [0.1, 0.15) is 38.3 Å². The van der Waals surface area contributed by atoms with E-state index >= 15 is 0 Å². The minimum Gasteiger partial charge on any atom is -0.392 e. The first kappa shape index (κ1) is 17.1. The van der Waals surface area contributed by atoms with E-state index < -0.39 is 10.0 Å². The molecule has 5 heteroatoms. The molecule has 0 amide bonds. The summed E-state index contributed by atoms with van der Waals surface area (Å²) in [5.41, 5.74) is 1.53. The molecule has 0 heterocycles. The summed E-state index contributed by atoms with van der Waals surface area (Å²) in [6.07, 6.45) is 0.846. The van der Waals surface area contributed by atoms with Crippen molar-refractivity contribution in [3.63, 3.8) is 0 Å². The van der Waals surface area contributed by atoms with E-state index in [1.165, 1.54) is 4.31 Å². The Morgan fingerprint density at radius 3 is 2.05 bits per heavy atom. The first-order valence-corrected chi connectivity index (χ1v) is 8.51. The SMILES string of the molecule is CC(C)CC(C)N(C)S(=O)(=O)Cc1ccc(CO)cc1. The Labute approximate surface area is 122 Å². The number of nitrogens with zero attached hydrogens (tertiary/aromatic N) is 1. The summed E-state index contributed by atoms with van der Waals surface area (Å²) in [5.74, 6) is 0.462. The minimum atomic E-state index is -3.31. The highest BCUT2D eigenvalue weighted by Crippen LogP contribution is 2.17. The second-order valence-electron chi connectivity index (χ2n) is 5.73. The van der Waals surface area contributed by atoms with Gasteiger partial charge in [0, 0.05) is 13.1 Å². The normalized spacial score (nSPS) is 13.9. The van der Waals surface area contributed by atoms with Crippen LogP contribution in [0, 0.1) is 5.92 Å². The summed E-state index contributed by atoms with van der Waals surface area (Å²) in [7, 11) is -1.66. The van der Waals surface area contributed by atoms with E-state index in [1.807, 2.05) is 6.92 Å². The zero-order valence-electron chi connectivity index (χ0n) is 12.7. The highest BCUT2D eigenvalue weighted by molar-refractivity contribution is 7.88. The molecule has 114 valence electrons. The number of hydrogen-bond donors (Lipinski definition) is 1. The van der Waals surface area contributed by atoms with Crippen molar-refractivity contribution in [1.29, 1.82) is 0 Å². The van der Waals surface area contributed by atoms with Crippen LogP contribution in [0.25, 0.3) is 0 Å². The third-order valence-electron chi connectivity index (χ3n) is 3.43. The average molecular weight is 299 g/mol. The predicted octanol–water partition coefficient (Wildman–Crippen LogP) is 2.38. The molecule has 0 bridgehead atoms. The maximum Gasteiger partial charge on any atom is 0.218 e. The summed E-state index contributed by atoms with van der Waals surface area (Å²) in [6, 6.07) is 7.01. The Hall–Kier alpha value is -0.910. The topological polar surface area (TPSA) is 57.6 Å². The number of rotatable bonds is 7. The Morgan fingerprint density at radius 2 is 1.60 bits per heavy atom. The first-order chi connectivity index (χ1) is 9.26. The van der Waals surface area contributed by atoms with Gasteiger partial charge in [-0.2, -0.15) is 0 Å². The summed E-state index contributed by atoms with van der Waals surface area (Å²) >= 11 is 0. The lowest BCUT2D eigenvalue weighted by atomic mass is 10.1. The Balaban J connectivity index is 2.77. The molecule has 0 aliphatic carbocycles. The fourth-order valence-electron chi connectivity index (χ4n) is 2.16. The molecule has 0 spiro atoms. The Kier molecular flexibility index (Phi) is 6.17. The largest absolute Gasteiger partial charge is 0.392 e. The molecule has 1 aromatic rings. The summed E-state index contributed by atoms with van der Waals surface area (Å²) in [6.45, 7) is 6.08. The van der Waals surface area contributed by atoms with Crippen molar-refractivity contribution in [2.45, 2.75) is 45.6 Å². The van der Waals surface area contributed by atoms with Gasteiger partial charge in [-0.15, -0.1) is 0 Å². The zero-order chi connectivity index (χ0) is 15.3. The molecule has 0 aliphatic heterocycles. The van der Waals surface area contributed by atoms with E-state index in [1.54, 1.807) is 31.3 Å². The number of benzene rings is 1. The van der Waals surface area contributed by atoms with E-state index in [-0.39, 0.29) is 18.4 Å². The summed E-state index contributed by atoms with van der Waals surface area (Å²) in [4.78, 5) is 0. The van der Waals surface area contributed by atoms with Crippen molar-refractivity contribution >= 4 is 10.0 Å². The molecule has 1 N–H and O–H groups in total. The quantitative estimate of drug-likeness (QED) is 0.841. The molecule has 20 heavy (non-hydrogen) atoms. The number of sulfonamides is 1. The van der Waals surface area contributed by atoms with Crippen LogP contribution in [0.5, 0.6) is 0 Å². The molecule has 4 nitrogen and oxygen atoms in total. The average Bonchev–Trinajstić information content (AvgIpc) is 2.37. The molecule has 1 unspecified atom stereocenters. The molecule has 1 aromatic carbocycles. The van der Waals surface area contributed by atoms with E-state index in [0.29, 0.717) is 5.92 Å². The van der Waals surface area contributed by atoms with Crippen molar-refractivity contribution in [2.75, 3.05) is 7.05 Å². The number of aliphatic hydroxyl groups excluding tert-OH is 1. The van der Waals surface area contributed by atoms with Crippen LogP contribution in [0.2, 0.25) is 0 Å². The minimum absolute atomic E-state index is 0.00234. The molecule has 1 rings (SSSR count). The van der Waals surface area contributed by atoms with Crippen LogP contribution in [-0.2, 0) is 22.4 Å². The third kappa shape index (κ3) is 4.89. The van der Waals surface area contributed by atoms with E-state index in [0.717, 1.165) is 17.5 Å². The van der Waals surface area contributed by atoms with Crippen LogP contribution in [0.4, 0.5) is 0 Å². The van der Waals surface area contributed by atoms with Gasteiger partial charge >= 0.3 is 0 Å². The standard InChI is InChI=1S/C15H25NO3S/c1-12(2)9-13(3)16(4)20(18,19)11-15-7-5-14(10-17)6-8-15/h5-8,12-13,17H,9-11H2,1-4H3. The maximum atomic E-state index is 12.4. The van der Waals surface area contributed by atoms with Crippen LogP contribution in [-0.4, -0.2) is 30.9 Å². The van der Waals surface area contributed by atoms with Crippen molar-refractivity contribution in [3.05, 3.63) is 35.4 Å². The van der Waals surface area contributed by atoms with Crippen molar-refractivity contribution in [2.24, 2.45) is 5.92 Å². The van der Waals surface area contributed by atoms with Crippen molar-refractivity contribution in [3.8, 4) is 0 Å². The zero-order valence-corrected chi connectivity index (χ0v) is 13.5. The highest BCUT2D eigenvalue weighted by Gasteiger charge is 2.24. The highest BCUT2D eigenvalue weighted by atomic mass is 32.2. The van der Waals surface area contributed by atoms with Crippen LogP contribution in [0.15, 0.2) is 24.3 Å². The Morgan fingerprint density at radius 1 is 1.10 bits per heavy atom. The van der Waals surface area contributed by atoms with Gasteiger partial charge in [-0.05, 0) is 30.4 Å². The fourth-order valence-corrected chi connectivity index (χ4v) is 3.61. The molecule has 1 atom stereocenters. The summed E-state index contributed by atoms with van der Waals surface area (Å²) < 4.78 is 26.2. The van der Waals surface area contributed by atoms with Gasteiger partial charge < -0.3 is 5.11 Å². The van der Waals surface area contributed by atoms with Gasteiger partial charge in [-0.1, -0.05) is 38.1 Å². The van der Waals surface area contributed by atoms with Gasteiger partial charge in [0.05, 0.1) is 12.4 Å². The predicted molar refractivity (Wildman–Crippen MR) is 81.7 cm³/mol. The molecule has 0 saturated carbocycles. The fraction of sp³-hybridized carbons (Fsp3) is 0.600. The van der Waals surface area contributed by atoms with E-state index in [9.17, 15) is 8.42 Å². The van der Waals surface area contributed by atoms with Crippen LogP contribution >= 0.6 is 0 Å². The smallest absolute Gasteiger partial charge is 0.218 e. The first-order valence-electron chi connectivity index (χ1n) is 6.90. The van der Waals surface area contributed by atoms with E-state index in [2.05, 4.69) is 13.8 Å². The second kappa shape index (κ2) is 7.20. The third-order valence-corrected chi connectivity index (χ3v) is 5.36. The van der Waals surface area contributed by atoms with Crippen molar-refractivity contribution in [1.82, 2.24) is 4.31 Å². The Bertz CT molecular complexity index is 508. The van der Waals surface area contributed by atoms with Gasteiger partial charge in [-0.3, -0.25) is 0 Å². The molecule has 0 fully saturated rings. The molecular formula is C15H25NO3S. The lowest BCUT2D eigenvalue weighted by Crippen LogP contribution is -2.36. The van der Waals surface area contributed by atoms with Gasteiger partial charge in [0.15, 0.2) is 0 Å². The summed E-state index contributed by atoms with van der Waals surface area (Å²) in [5, 5.41) is 8.98. The van der Waals surface area contributed by atoms with E-state index in [4.69, 9.17) is 5.11 Å². The van der Waals surface area contributed by atoms with Gasteiger partial charge in [0.1, 0.15) is 0 Å². The van der Waals surface area contributed by atoms with Gasteiger partial charge in [0.25, 0.3) is 0 Å². The lowest BCUT2D eigenvalue weighted by Gasteiger charge is -2.25. The van der Waals surface area contributed by atoms with Crippen molar-refractivity contribution < 1.29 is 13.5 Å². The second-order valence-corrected chi connectivity index (χ2v) is 7.75.